The Morgan fingerprint density at radius 1 is 1.24 bits per heavy atom. The topological polar surface area (TPSA) is 56.7 Å². The van der Waals surface area contributed by atoms with Crippen LogP contribution in [0.3, 0.4) is 0 Å². The highest BCUT2D eigenvalue weighted by Crippen LogP contribution is 2.28. The van der Waals surface area contributed by atoms with Gasteiger partial charge in [-0.15, -0.1) is 5.10 Å². The van der Waals surface area contributed by atoms with Gasteiger partial charge in [-0.25, -0.2) is 4.68 Å². The number of rotatable bonds is 7. The smallest absolute Gasteiger partial charge is 0.239 e. The fraction of sp³-hybridized carbons (Fsp3) is 0.846. The lowest BCUT2D eigenvalue weighted by Gasteiger charge is -2.10. The molecule has 0 bridgehead atoms. The Kier molecular flexibility index (Phi) is 4.40. The lowest BCUT2D eigenvalue weighted by Crippen LogP contribution is -2.06. The van der Waals surface area contributed by atoms with Crippen LogP contribution in [-0.4, -0.2) is 14.8 Å². The van der Waals surface area contributed by atoms with Crippen LogP contribution in [0.2, 0.25) is 0 Å². The first-order valence-electron chi connectivity index (χ1n) is 7.02. The number of aryl methyl sites for hydroxylation is 1. The van der Waals surface area contributed by atoms with Gasteiger partial charge in [0, 0.05) is 6.42 Å². The molecule has 2 N–H and O–H groups in total. The fourth-order valence-electron chi connectivity index (χ4n) is 2.68. The van der Waals surface area contributed by atoms with Crippen molar-refractivity contribution < 1.29 is 0 Å². The SMILES string of the molecule is CCCCCCCCC1CCc2nc(N)nn21. The molecular weight excluding hydrogens is 212 g/mol. The summed E-state index contributed by atoms with van der Waals surface area (Å²) in [6.07, 6.45) is 11.6. The molecular formula is C13H24N4. The molecule has 0 saturated carbocycles. The van der Waals surface area contributed by atoms with E-state index in [9.17, 15) is 0 Å². The van der Waals surface area contributed by atoms with E-state index in [1.165, 1.54) is 51.4 Å². The summed E-state index contributed by atoms with van der Waals surface area (Å²) >= 11 is 0. The molecule has 2 heterocycles. The molecule has 0 spiro atoms. The zero-order valence-corrected chi connectivity index (χ0v) is 10.9. The van der Waals surface area contributed by atoms with E-state index in [4.69, 9.17) is 5.73 Å². The normalized spacial score (nSPS) is 18.5. The van der Waals surface area contributed by atoms with Gasteiger partial charge in [-0.3, -0.25) is 0 Å². The average Bonchev–Trinajstić information content (AvgIpc) is 2.83. The predicted molar refractivity (Wildman–Crippen MR) is 69.8 cm³/mol. The zero-order valence-electron chi connectivity index (χ0n) is 10.9. The van der Waals surface area contributed by atoms with Gasteiger partial charge in [-0.1, -0.05) is 45.4 Å². The number of aromatic nitrogens is 3. The van der Waals surface area contributed by atoms with Crippen molar-refractivity contribution in [3.8, 4) is 0 Å². The average molecular weight is 236 g/mol. The Morgan fingerprint density at radius 2 is 2.00 bits per heavy atom. The van der Waals surface area contributed by atoms with E-state index in [-0.39, 0.29) is 0 Å². The molecule has 1 aromatic heterocycles. The van der Waals surface area contributed by atoms with Gasteiger partial charge < -0.3 is 5.73 Å². The first-order chi connectivity index (χ1) is 8.31. The molecule has 1 unspecified atom stereocenters. The van der Waals surface area contributed by atoms with E-state index in [1.807, 2.05) is 0 Å². The van der Waals surface area contributed by atoms with E-state index in [0.29, 0.717) is 12.0 Å². The minimum Gasteiger partial charge on any atom is -0.366 e. The first kappa shape index (κ1) is 12.4. The molecule has 0 radical (unpaired) electrons. The van der Waals surface area contributed by atoms with Gasteiger partial charge in [0.05, 0.1) is 6.04 Å². The Balaban J connectivity index is 1.67. The molecule has 0 aromatic carbocycles. The van der Waals surface area contributed by atoms with Crippen LogP contribution in [0.25, 0.3) is 0 Å². The molecule has 1 aliphatic rings. The van der Waals surface area contributed by atoms with Crippen LogP contribution in [-0.2, 0) is 6.42 Å². The van der Waals surface area contributed by atoms with E-state index in [2.05, 4.69) is 21.7 Å². The maximum absolute atomic E-state index is 5.62. The van der Waals surface area contributed by atoms with Crippen molar-refractivity contribution in [2.24, 2.45) is 0 Å². The maximum Gasteiger partial charge on any atom is 0.239 e. The van der Waals surface area contributed by atoms with E-state index in [1.54, 1.807) is 0 Å². The third-order valence-electron chi connectivity index (χ3n) is 3.66. The Bertz CT molecular complexity index is 345. The molecule has 0 fully saturated rings. The number of nitrogen functional groups attached to an aromatic ring is 1. The predicted octanol–water partition coefficient (Wildman–Crippen LogP) is 3.10. The van der Waals surface area contributed by atoms with Gasteiger partial charge in [-0.2, -0.15) is 4.98 Å². The van der Waals surface area contributed by atoms with Crippen molar-refractivity contribution in [3.63, 3.8) is 0 Å². The van der Waals surface area contributed by atoms with E-state index < -0.39 is 0 Å². The summed E-state index contributed by atoms with van der Waals surface area (Å²) in [6.45, 7) is 2.26. The first-order valence-corrected chi connectivity index (χ1v) is 7.02. The Labute approximate surface area is 104 Å². The molecule has 96 valence electrons. The van der Waals surface area contributed by atoms with Crippen LogP contribution in [0.1, 0.15) is 70.2 Å². The minimum atomic E-state index is 0.438. The van der Waals surface area contributed by atoms with Crippen LogP contribution >= 0.6 is 0 Å². The summed E-state index contributed by atoms with van der Waals surface area (Å²) in [4.78, 5) is 4.24. The summed E-state index contributed by atoms with van der Waals surface area (Å²) in [5.74, 6) is 1.52. The number of anilines is 1. The molecule has 0 saturated heterocycles. The zero-order chi connectivity index (χ0) is 12.1. The van der Waals surface area contributed by atoms with Crippen LogP contribution in [0.4, 0.5) is 5.95 Å². The Hall–Kier alpha value is -1.06. The second-order valence-corrected chi connectivity index (χ2v) is 5.08. The number of hydrogen-bond donors (Lipinski definition) is 1. The van der Waals surface area contributed by atoms with Crippen molar-refractivity contribution in [2.45, 2.75) is 70.8 Å². The van der Waals surface area contributed by atoms with Gasteiger partial charge >= 0.3 is 0 Å². The lowest BCUT2D eigenvalue weighted by molar-refractivity contribution is 0.423. The summed E-state index contributed by atoms with van der Waals surface area (Å²) in [7, 11) is 0. The second-order valence-electron chi connectivity index (χ2n) is 5.08. The highest BCUT2D eigenvalue weighted by Gasteiger charge is 2.24. The van der Waals surface area contributed by atoms with E-state index in [0.717, 1.165) is 12.2 Å². The third-order valence-corrected chi connectivity index (χ3v) is 3.66. The van der Waals surface area contributed by atoms with Crippen molar-refractivity contribution in [3.05, 3.63) is 5.82 Å². The number of hydrogen-bond acceptors (Lipinski definition) is 3. The fourth-order valence-corrected chi connectivity index (χ4v) is 2.68. The number of nitrogens with zero attached hydrogens (tertiary/aromatic N) is 3. The van der Waals surface area contributed by atoms with Gasteiger partial charge in [0.2, 0.25) is 5.95 Å². The van der Waals surface area contributed by atoms with Gasteiger partial charge in [0.25, 0.3) is 0 Å². The highest BCUT2D eigenvalue weighted by molar-refractivity contribution is 5.16. The second kappa shape index (κ2) is 6.03. The number of fused-ring (bicyclic) bond motifs is 1. The summed E-state index contributed by atoms with van der Waals surface area (Å²) in [5, 5.41) is 4.28. The summed E-state index contributed by atoms with van der Waals surface area (Å²) in [5.41, 5.74) is 5.62. The van der Waals surface area contributed by atoms with Crippen LogP contribution in [0.15, 0.2) is 0 Å². The molecule has 4 nitrogen and oxygen atoms in total. The maximum atomic E-state index is 5.62. The van der Waals surface area contributed by atoms with Crippen LogP contribution in [0.5, 0.6) is 0 Å². The molecule has 0 aliphatic carbocycles. The molecule has 1 aliphatic heterocycles. The largest absolute Gasteiger partial charge is 0.366 e. The number of unbranched alkanes of at least 4 members (excludes halogenated alkanes) is 5. The standard InChI is InChI=1S/C13H24N4/c1-2-3-4-5-6-7-8-11-9-10-12-15-13(14)16-17(11)12/h11H,2-10H2,1H3,(H2,14,16). The van der Waals surface area contributed by atoms with Crippen molar-refractivity contribution >= 4 is 5.95 Å². The molecule has 17 heavy (non-hydrogen) atoms. The van der Waals surface area contributed by atoms with Crippen molar-refractivity contribution in [1.29, 1.82) is 0 Å². The van der Waals surface area contributed by atoms with Crippen LogP contribution in [0, 0.1) is 0 Å². The minimum absolute atomic E-state index is 0.438. The molecule has 1 aromatic rings. The number of nitrogens with two attached hydrogens (primary N) is 1. The molecule has 0 amide bonds. The van der Waals surface area contributed by atoms with Crippen molar-refractivity contribution in [1.82, 2.24) is 14.8 Å². The highest BCUT2D eigenvalue weighted by atomic mass is 15.4. The molecule has 1 atom stereocenters. The van der Waals surface area contributed by atoms with E-state index >= 15 is 0 Å². The van der Waals surface area contributed by atoms with Crippen molar-refractivity contribution in [2.75, 3.05) is 5.73 Å². The van der Waals surface area contributed by atoms with Gasteiger partial charge in [-0.05, 0) is 12.8 Å². The lowest BCUT2D eigenvalue weighted by atomic mass is 10.0. The monoisotopic (exact) mass is 236 g/mol. The Morgan fingerprint density at radius 3 is 2.82 bits per heavy atom. The van der Waals surface area contributed by atoms with Crippen LogP contribution < -0.4 is 5.73 Å². The quantitative estimate of drug-likeness (QED) is 0.740. The third kappa shape index (κ3) is 3.20. The molecule has 2 rings (SSSR count). The summed E-state index contributed by atoms with van der Waals surface area (Å²) < 4.78 is 2.06. The van der Waals surface area contributed by atoms with Gasteiger partial charge in [0.15, 0.2) is 0 Å². The molecule has 4 heteroatoms. The summed E-state index contributed by atoms with van der Waals surface area (Å²) in [6, 6.07) is 0.556. The van der Waals surface area contributed by atoms with Gasteiger partial charge in [0.1, 0.15) is 5.82 Å².